The van der Waals surface area contributed by atoms with E-state index < -0.39 is 0 Å². The Balaban J connectivity index is 1.31. The van der Waals surface area contributed by atoms with Crippen molar-refractivity contribution in [2.75, 3.05) is 5.32 Å². The number of rotatable bonds is 8. The van der Waals surface area contributed by atoms with Crippen molar-refractivity contribution >= 4 is 11.9 Å². The van der Waals surface area contributed by atoms with Crippen molar-refractivity contribution in [3.63, 3.8) is 0 Å². The molecule has 0 spiro atoms. The zero-order valence-corrected chi connectivity index (χ0v) is 17.4. The van der Waals surface area contributed by atoms with Crippen LogP contribution in [0.3, 0.4) is 0 Å². The van der Waals surface area contributed by atoms with Crippen LogP contribution in [0.2, 0.25) is 0 Å². The van der Waals surface area contributed by atoms with Gasteiger partial charge in [-0.05, 0) is 47.4 Å². The Kier molecular flexibility index (Phi) is 6.38. The standard InChI is InChI=1S/C25H24N4O2/c1-2-19-10-14-23(15-11-19)31-17-21-8-12-22(13-9-21)24(30)27-25-26-18-29(28-25)16-20-6-4-3-5-7-20/h3-15,18H,2,16-17H2,1H3,(H,27,28,30). The first-order valence-corrected chi connectivity index (χ1v) is 10.2. The van der Waals surface area contributed by atoms with Crippen LogP contribution in [-0.4, -0.2) is 20.7 Å². The molecule has 6 nitrogen and oxygen atoms in total. The van der Waals surface area contributed by atoms with E-state index in [2.05, 4.69) is 34.5 Å². The summed E-state index contributed by atoms with van der Waals surface area (Å²) in [5.41, 5.74) is 3.92. The van der Waals surface area contributed by atoms with Crippen LogP contribution in [-0.2, 0) is 19.6 Å². The number of aromatic nitrogens is 3. The van der Waals surface area contributed by atoms with Gasteiger partial charge in [0.05, 0.1) is 6.54 Å². The maximum atomic E-state index is 12.5. The third-order valence-corrected chi connectivity index (χ3v) is 4.90. The smallest absolute Gasteiger partial charge is 0.258 e. The number of ether oxygens (including phenoxy) is 1. The molecule has 1 heterocycles. The molecule has 0 unspecified atom stereocenters. The second-order valence-corrected chi connectivity index (χ2v) is 7.19. The van der Waals surface area contributed by atoms with Gasteiger partial charge < -0.3 is 4.74 Å². The van der Waals surface area contributed by atoms with Gasteiger partial charge in [0.25, 0.3) is 5.91 Å². The largest absolute Gasteiger partial charge is 0.489 e. The van der Waals surface area contributed by atoms with Gasteiger partial charge in [-0.25, -0.2) is 9.67 Å². The fourth-order valence-corrected chi connectivity index (χ4v) is 3.11. The maximum Gasteiger partial charge on any atom is 0.258 e. The van der Waals surface area contributed by atoms with Crippen molar-refractivity contribution in [3.05, 3.63) is 107 Å². The molecule has 0 atom stereocenters. The fraction of sp³-hybridized carbons (Fsp3) is 0.160. The first-order chi connectivity index (χ1) is 15.2. The van der Waals surface area contributed by atoms with Crippen LogP contribution in [0.4, 0.5) is 5.95 Å². The number of benzene rings is 3. The van der Waals surface area contributed by atoms with Gasteiger partial charge in [-0.1, -0.05) is 61.5 Å². The highest BCUT2D eigenvalue weighted by Crippen LogP contribution is 2.15. The summed E-state index contributed by atoms with van der Waals surface area (Å²) in [5, 5.41) is 7.06. The van der Waals surface area contributed by atoms with Gasteiger partial charge in [-0.2, -0.15) is 0 Å². The molecule has 0 aliphatic carbocycles. The summed E-state index contributed by atoms with van der Waals surface area (Å²) in [7, 11) is 0. The van der Waals surface area contributed by atoms with Crippen LogP contribution in [0.5, 0.6) is 5.75 Å². The lowest BCUT2D eigenvalue weighted by atomic mass is 10.1. The minimum Gasteiger partial charge on any atom is -0.489 e. The van der Waals surface area contributed by atoms with Crippen LogP contribution in [0.1, 0.15) is 34.0 Å². The summed E-state index contributed by atoms with van der Waals surface area (Å²) < 4.78 is 7.51. The van der Waals surface area contributed by atoms with Gasteiger partial charge in [0.2, 0.25) is 5.95 Å². The Morgan fingerprint density at radius 1 is 0.903 bits per heavy atom. The Bertz CT molecular complexity index is 1120. The van der Waals surface area contributed by atoms with E-state index in [1.807, 2.05) is 54.6 Å². The zero-order valence-electron chi connectivity index (χ0n) is 17.4. The third kappa shape index (κ3) is 5.57. The van der Waals surface area contributed by atoms with Crippen LogP contribution in [0.15, 0.2) is 85.2 Å². The number of nitrogens with one attached hydrogen (secondary N) is 1. The number of anilines is 1. The molecule has 31 heavy (non-hydrogen) atoms. The first-order valence-electron chi connectivity index (χ1n) is 10.2. The van der Waals surface area contributed by atoms with Crippen LogP contribution in [0.25, 0.3) is 0 Å². The van der Waals surface area contributed by atoms with Gasteiger partial charge >= 0.3 is 0 Å². The number of carbonyl (C=O) groups excluding carboxylic acids is 1. The number of hydrogen-bond acceptors (Lipinski definition) is 4. The average Bonchev–Trinajstić information content (AvgIpc) is 3.25. The van der Waals surface area contributed by atoms with Crippen molar-refractivity contribution in [1.82, 2.24) is 14.8 Å². The summed E-state index contributed by atoms with van der Waals surface area (Å²) in [6.45, 7) is 3.17. The predicted molar refractivity (Wildman–Crippen MR) is 120 cm³/mol. The molecule has 0 aliphatic heterocycles. The molecular formula is C25H24N4O2. The molecule has 1 aromatic heterocycles. The van der Waals surface area contributed by atoms with E-state index in [0.29, 0.717) is 18.7 Å². The molecule has 6 heteroatoms. The van der Waals surface area contributed by atoms with Gasteiger partial charge in [0, 0.05) is 5.56 Å². The molecule has 4 aromatic rings. The molecule has 0 bridgehead atoms. The Morgan fingerprint density at radius 2 is 1.61 bits per heavy atom. The topological polar surface area (TPSA) is 69.0 Å². The summed E-state index contributed by atoms with van der Waals surface area (Å²) in [6, 6.07) is 25.4. The minimum absolute atomic E-state index is 0.250. The average molecular weight is 412 g/mol. The van der Waals surface area contributed by atoms with E-state index in [4.69, 9.17) is 4.74 Å². The van der Waals surface area contributed by atoms with Crippen LogP contribution in [0, 0.1) is 0 Å². The second-order valence-electron chi connectivity index (χ2n) is 7.19. The molecule has 1 amide bonds. The lowest BCUT2D eigenvalue weighted by molar-refractivity contribution is 0.102. The monoisotopic (exact) mass is 412 g/mol. The molecule has 0 saturated heterocycles. The first kappa shape index (κ1) is 20.3. The van der Waals surface area contributed by atoms with Crippen molar-refractivity contribution in [2.24, 2.45) is 0 Å². The molecule has 0 aliphatic rings. The highest BCUT2D eigenvalue weighted by Gasteiger charge is 2.09. The maximum absolute atomic E-state index is 12.5. The normalized spacial score (nSPS) is 10.6. The number of nitrogens with zero attached hydrogens (tertiary/aromatic N) is 3. The second kappa shape index (κ2) is 9.71. The highest BCUT2D eigenvalue weighted by molar-refractivity contribution is 6.03. The van der Waals surface area contributed by atoms with Gasteiger partial charge in [0.1, 0.15) is 18.7 Å². The molecule has 0 saturated carbocycles. The van der Waals surface area contributed by atoms with Crippen LogP contribution >= 0.6 is 0 Å². The molecular weight excluding hydrogens is 388 g/mol. The van der Waals surface area contributed by atoms with Crippen LogP contribution < -0.4 is 10.1 Å². The Morgan fingerprint density at radius 3 is 2.32 bits per heavy atom. The van der Waals surface area contributed by atoms with E-state index >= 15 is 0 Å². The van der Waals surface area contributed by atoms with E-state index in [9.17, 15) is 4.79 Å². The number of amides is 1. The van der Waals surface area contributed by atoms with Gasteiger partial charge in [-0.3, -0.25) is 10.1 Å². The van der Waals surface area contributed by atoms with E-state index in [1.54, 1.807) is 23.1 Å². The summed E-state index contributed by atoms with van der Waals surface area (Å²) in [5.74, 6) is 0.861. The van der Waals surface area contributed by atoms with E-state index in [0.717, 1.165) is 23.3 Å². The van der Waals surface area contributed by atoms with Crippen molar-refractivity contribution in [2.45, 2.75) is 26.5 Å². The molecule has 3 aromatic carbocycles. The van der Waals surface area contributed by atoms with E-state index in [-0.39, 0.29) is 11.9 Å². The predicted octanol–water partition coefficient (Wildman–Crippen LogP) is 4.72. The fourth-order valence-electron chi connectivity index (χ4n) is 3.11. The zero-order chi connectivity index (χ0) is 21.5. The number of aryl methyl sites for hydroxylation is 1. The molecule has 0 fully saturated rings. The quantitative estimate of drug-likeness (QED) is 0.455. The van der Waals surface area contributed by atoms with Gasteiger partial charge in [-0.15, -0.1) is 5.10 Å². The highest BCUT2D eigenvalue weighted by atomic mass is 16.5. The lowest BCUT2D eigenvalue weighted by Crippen LogP contribution is -2.13. The van der Waals surface area contributed by atoms with Crippen molar-refractivity contribution in [1.29, 1.82) is 0 Å². The SMILES string of the molecule is CCc1ccc(OCc2ccc(C(=O)Nc3ncn(Cc4ccccc4)n3)cc2)cc1. The lowest BCUT2D eigenvalue weighted by Gasteiger charge is -2.08. The third-order valence-electron chi connectivity index (χ3n) is 4.90. The number of hydrogen-bond donors (Lipinski definition) is 1. The molecule has 1 N–H and O–H groups in total. The summed E-state index contributed by atoms with van der Waals surface area (Å²) >= 11 is 0. The minimum atomic E-state index is -0.250. The van der Waals surface area contributed by atoms with Gasteiger partial charge in [0.15, 0.2) is 0 Å². The van der Waals surface area contributed by atoms with Crippen molar-refractivity contribution in [3.8, 4) is 5.75 Å². The summed E-state index contributed by atoms with van der Waals surface area (Å²) in [4.78, 5) is 16.7. The molecule has 156 valence electrons. The summed E-state index contributed by atoms with van der Waals surface area (Å²) in [6.07, 6.45) is 2.61. The van der Waals surface area contributed by atoms with E-state index in [1.165, 1.54) is 5.56 Å². The number of carbonyl (C=O) groups is 1. The Hall–Kier alpha value is -3.93. The Labute approximate surface area is 181 Å². The molecule has 4 rings (SSSR count). The van der Waals surface area contributed by atoms with Crippen molar-refractivity contribution < 1.29 is 9.53 Å². The molecule has 0 radical (unpaired) electrons.